The van der Waals surface area contributed by atoms with Crippen LogP contribution in [0.1, 0.15) is 37.5 Å². The summed E-state index contributed by atoms with van der Waals surface area (Å²) in [5.41, 5.74) is 2.12. The molecule has 0 bridgehead atoms. The number of carbonyl (C=O) groups is 2. The molecular formula is C35H37Cl2N3O4S. The average molecular weight is 667 g/mol. The zero-order chi connectivity index (χ0) is 32.8. The standard InChI is InChI=1S/C35H37Cl2N3O4S/c1-25-13-11-12-16-27(25)23-39(32(34(42)38-35(2,3)4)21-26-14-7-5-8-15-26)33(41)24-40(31-20-19-28(36)22-30(31)37)45(43,44)29-17-9-6-10-18-29/h5-20,22,32H,21,23-24H2,1-4H3,(H,38,42)/t32-/m0/s1. The Balaban J connectivity index is 1.84. The lowest BCUT2D eigenvalue weighted by Gasteiger charge is -2.35. The van der Waals surface area contributed by atoms with Gasteiger partial charge in [-0.1, -0.05) is 96.0 Å². The summed E-state index contributed by atoms with van der Waals surface area (Å²) in [5.74, 6) is -0.927. The Kier molecular flexibility index (Phi) is 11.0. The molecule has 0 aliphatic rings. The molecule has 4 aromatic carbocycles. The molecule has 0 spiro atoms. The van der Waals surface area contributed by atoms with E-state index in [-0.39, 0.29) is 34.5 Å². The van der Waals surface area contributed by atoms with Crippen molar-refractivity contribution in [3.8, 4) is 0 Å². The van der Waals surface area contributed by atoms with Gasteiger partial charge >= 0.3 is 0 Å². The van der Waals surface area contributed by atoms with Crippen LogP contribution in [-0.4, -0.2) is 43.3 Å². The largest absolute Gasteiger partial charge is 0.350 e. The molecule has 1 N–H and O–H groups in total. The van der Waals surface area contributed by atoms with Gasteiger partial charge in [0.15, 0.2) is 0 Å². The van der Waals surface area contributed by atoms with E-state index in [1.165, 1.54) is 35.2 Å². The topological polar surface area (TPSA) is 86.8 Å². The van der Waals surface area contributed by atoms with Crippen molar-refractivity contribution >= 4 is 50.7 Å². The SMILES string of the molecule is Cc1ccccc1CN(C(=O)CN(c1ccc(Cl)cc1Cl)S(=O)(=O)c1ccccc1)[C@@H](Cc1ccccc1)C(=O)NC(C)(C)C. The minimum atomic E-state index is -4.27. The predicted molar refractivity (Wildman–Crippen MR) is 181 cm³/mol. The smallest absolute Gasteiger partial charge is 0.264 e. The van der Waals surface area contributed by atoms with E-state index in [4.69, 9.17) is 23.2 Å². The molecule has 0 heterocycles. The van der Waals surface area contributed by atoms with Crippen molar-refractivity contribution in [1.29, 1.82) is 0 Å². The molecule has 0 aliphatic heterocycles. The van der Waals surface area contributed by atoms with Crippen molar-refractivity contribution < 1.29 is 18.0 Å². The highest BCUT2D eigenvalue weighted by Crippen LogP contribution is 2.33. The lowest BCUT2D eigenvalue weighted by Crippen LogP contribution is -2.56. The first-order valence-corrected chi connectivity index (χ1v) is 16.7. The van der Waals surface area contributed by atoms with E-state index in [9.17, 15) is 18.0 Å². The van der Waals surface area contributed by atoms with Crippen molar-refractivity contribution in [2.24, 2.45) is 0 Å². The van der Waals surface area contributed by atoms with Crippen molar-refractivity contribution in [1.82, 2.24) is 10.2 Å². The summed E-state index contributed by atoms with van der Waals surface area (Å²) in [6.07, 6.45) is 0.216. The van der Waals surface area contributed by atoms with E-state index in [2.05, 4.69) is 5.32 Å². The first-order chi connectivity index (χ1) is 21.3. The summed E-state index contributed by atoms with van der Waals surface area (Å²) in [6.45, 7) is 7.00. The van der Waals surface area contributed by atoms with E-state index in [1.54, 1.807) is 18.2 Å². The van der Waals surface area contributed by atoms with Crippen LogP contribution in [0.3, 0.4) is 0 Å². The number of halogens is 2. The molecule has 4 rings (SSSR count). The van der Waals surface area contributed by atoms with Gasteiger partial charge < -0.3 is 10.2 Å². The summed E-state index contributed by atoms with van der Waals surface area (Å²) in [7, 11) is -4.27. The maximum Gasteiger partial charge on any atom is 0.264 e. The van der Waals surface area contributed by atoms with Gasteiger partial charge in [0.2, 0.25) is 11.8 Å². The Bertz CT molecular complexity index is 1740. The van der Waals surface area contributed by atoms with Crippen molar-refractivity contribution in [3.05, 3.63) is 130 Å². The van der Waals surface area contributed by atoms with Gasteiger partial charge in [0.05, 0.1) is 15.6 Å². The van der Waals surface area contributed by atoms with Gasteiger partial charge in [-0.3, -0.25) is 13.9 Å². The van der Waals surface area contributed by atoms with Crippen LogP contribution in [0.4, 0.5) is 5.69 Å². The molecule has 2 amide bonds. The first kappa shape index (κ1) is 34.0. The highest BCUT2D eigenvalue weighted by molar-refractivity contribution is 7.92. The van der Waals surface area contributed by atoms with Gasteiger partial charge in [-0.25, -0.2) is 8.42 Å². The molecule has 236 valence electrons. The van der Waals surface area contributed by atoms with Crippen molar-refractivity contribution in [2.75, 3.05) is 10.8 Å². The zero-order valence-corrected chi connectivity index (χ0v) is 28.0. The van der Waals surface area contributed by atoms with Gasteiger partial charge in [0.25, 0.3) is 10.0 Å². The molecule has 0 aliphatic carbocycles. The van der Waals surface area contributed by atoms with Crippen LogP contribution in [0.2, 0.25) is 10.0 Å². The number of carbonyl (C=O) groups excluding carboxylic acids is 2. The van der Waals surface area contributed by atoms with Gasteiger partial charge in [-0.2, -0.15) is 0 Å². The highest BCUT2D eigenvalue weighted by atomic mass is 35.5. The number of aryl methyl sites for hydroxylation is 1. The number of rotatable bonds is 11. The summed E-state index contributed by atoms with van der Waals surface area (Å²) >= 11 is 12.7. The van der Waals surface area contributed by atoms with Crippen LogP contribution in [0, 0.1) is 6.92 Å². The molecular weight excluding hydrogens is 629 g/mol. The second-order valence-electron chi connectivity index (χ2n) is 11.8. The van der Waals surface area contributed by atoms with Crippen molar-refractivity contribution in [2.45, 2.75) is 57.1 Å². The van der Waals surface area contributed by atoms with Gasteiger partial charge in [-0.15, -0.1) is 0 Å². The Morgan fingerprint density at radius 1 is 0.844 bits per heavy atom. The van der Waals surface area contributed by atoms with E-state index >= 15 is 0 Å². The van der Waals surface area contributed by atoms with Crippen LogP contribution >= 0.6 is 23.2 Å². The fraction of sp³-hybridized carbons (Fsp3) is 0.257. The molecule has 4 aromatic rings. The lowest BCUT2D eigenvalue weighted by atomic mass is 10.00. The predicted octanol–water partition coefficient (Wildman–Crippen LogP) is 7.05. The third-order valence-corrected chi connectivity index (χ3v) is 9.47. The molecule has 7 nitrogen and oxygen atoms in total. The minimum Gasteiger partial charge on any atom is -0.350 e. The number of nitrogens with one attached hydrogen (secondary N) is 1. The Labute approximate surface area is 275 Å². The average Bonchev–Trinajstić information content (AvgIpc) is 2.99. The summed E-state index contributed by atoms with van der Waals surface area (Å²) in [5, 5.41) is 3.41. The summed E-state index contributed by atoms with van der Waals surface area (Å²) in [6, 6.07) is 28.3. The maximum absolute atomic E-state index is 14.6. The van der Waals surface area contributed by atoms with Crippen LogP contribution in [0.5, 0.6) is 0 Å². The molecule has 45 heavy (non-hydrogen) atoms. The normalized spacial score (nSPS) is 12.3. The Hall–Kier alpha value is -3.85. The van der Waals surface area contributed by atoms with Crippen molar-refractivity contribution in [3.63, 3.8) is 0 Å². The van der Waals surface area contributed by atoms with E-state index in [1.807, 2.05) is 82.3 Å². The molecule has 0 saturated carbocycles. The number of amides is 2. The number of hydrogen-bond acceptors (Lipinski definition) is 4. The third-order valence-electron chi connectivity index (χ3n) is 7.16. The molecule has 1 atom stereocenters. The molecule has 0 fully saturated rings. The first-order valence-electron chi connectivity index (χ1n) is 14.5. The van der Waals surface area contributed by atoms with Gasteiger partial charge in [0, 0.05) is 23.5 Å². The third kappa shape index (κ3) is 8.87. The summed E-state index contributed by atoms with van der Waals surface area (Å²) in [4.78, 5) is 30.0. The Morgan fingerprint density at radius 3 is 2.04 bits per heavy atom. The second-order valence-corrected chi connectivity index (χ2v) is 14.5. The fourth-order valence-electron chi connectivity index (χ4n) is 4.89. The van der Waals surface area contributed by atoms with Crippen LogP contribution < -0.4 is 9.62 Å². The summed E-state index contributed by atoms with van der Waals surface area (Å²) < 4.78 is 29.2. The van der Waals surface area contributed by atoms with Crippen LogP contribution in [0.25, 0.3) is 0 Å². The number of benzene rings is 4. The Morgan fingerprint density at radius 2 is 1.44 bits per heavy atom. The van der Waals surface area contributed by atoms with Gasteiger partial charge in [0.1, 0.15) is 12.6 Å². The molecule has 0 unspecified atom stereocenters. The van der Waals surface area contributed by atoms with Crippen LogP contribution in [0.15, 0.2) is 108 Å². The molecule has 10 heteroatoms. The monoisotopic (exact) mass is 665 g/mol. The minimum absolute atomic E-state index is 0.0134. The van der Waals surface area contributed by atoms with Gasteiger partial charge in [-0.05, 0) is 74.7 Å². The molecule has 0 radical (unpaired) electrons. The second kappa shape index (κ2) is 14.5. The fourth-order valence-corrected chi connectivity index (χ4v) is 6.91. The highest BCUT2D eigenvalue weighted by Gasteiger charge is 2.36. The number of anilines is 1. The number of hydrogen-bond donors (Lipinski definition) is 1. The van der Waals surface area contributed by atoms with E-state index in [0.717, 1.165) is 21.0 Å². The molecule has 0 saturated heterocycles. The maximum atomic E-state index is 14.6. The number of sulfonamides is 1. The van der Waals surface area contributed by atoms with E-state index < -0.39 is 34.1 Å². The lowest BCUT2D eigenvalue weighted by molar-refractivity contribution is -0.140. The quantitative estimate of drug-likeness (QED) is 0.186. The van der Waals surface area contributed by atoms with E-state index in [0.29, 0.717) is 5.02 Å². The molecule has 0 aromatic heterocycles. The zero-order valence-electron chi connectivity index (χ0n) is 25.7. The van der Waals surface area contributed by atoms with Crippen LogP contribution in [-0.2, 0) is 32.6 Å². The number of nitrogens with zero attached hydrogens (tertiary/aromatic N) is 2.